The van der Waals surface area contributed by atoms with E-state index in [2.05, 4.69) is 31.0 Å². The molecule has 0 saturated heterocycles. The minimum Gasteiger partial charge on any atom is -0.457 e. The molecule has 13 nitrogen and oxygen atoms in total. The summed E-state index contributed by atoms with van der Waals surface area (Å²) in [5.74, 6) is -0.745. The number of ether oxygens (including phenoxy) is 3. The zero-order valence-electron chi connectivity index (χ0n) is 22.8. The lowest BCUT2D eigenvalue weighted by molar-refractivity contribution is -0.137. The maximum Gasteiger partial charge on any atom is 0.417 e. The molecular formula is C27H25ClF3N7O6. The molecule has 0 fully saturated rings. The Morgan fingerprint density at radius 2 is 1.59 bits per heavy atom. The van der Waals surface area contributed by atoms with Crippen molar-refractivity contribution in [1.82, 2.24) is 10.3 Å². The number of alkyl halides is 3. The zero-order chi connectivity index (χ0) is 32.0. The van der Waals surface area contributed by atoms with Gasteiger partial charge in [0, 0.05) is 35.1 Å². The van der Waals surface area contributed by atoms with Crippen molar-refractivity contribution in [2.24, 2.45) is 5.11 Å². The number of nitrogens with one attached hydrogen (secondary N) is 3. The van der Waals surface area contributed by atoms with Crippen molar-refractivity contribution in [3.8, 4) is 11.5 Å². The molecule has 0 aliphatic carbocycles. The third kappa shape index (κ3) is 11.4. The molecule has 0 aliphatic heterocycles. The van der Waals surface area contributed by atoms with E-state index in [1.54, 1.807) is 0 Å². The average molecular weight is 636 g/mol. The lowest BCUT2D eigenvalue weighted by Gasteiger charge is -2.12. The van der Waals surface area contributed by atoms with Crippen molar-refractivity contribution in [2.45, 2.75) is 12.6 Å². The van der Waals surface area contributed by atoms with Gasteiger partial charge < -0.3 is 24.8 Å². The van der Waals surface area contributed by atoms with E-state index in [1.807, 2.05) is 0 Å². The normalized spacial score (nSPS) is 10.8. The Kier molecular flexibility index (Phi) is 12.7. The molecule has 0 atom stereocenters. The van der Waals surface area contributed by atoms with Crippen LogP contribution in [0.3, 0.4) is 0 Å². The second kappa shape index (κ2) is 16.7. The maximum atomic E-state index is 13.0. The largest absolute Gasteiger partial charge is 0.457 e. The van der Waals surface area contributed by atoms with E-state index >= 15 is 0 Å². The number of anilines is 2. The standard InChI is InChI=1S/C27H25ClF3N7O6/c28-22-6-3-18(15-21(22)27(29,30)31)36-26(41)35-17-1-4-19(5-2-17)44-20-7-9-33-23(16-20)25(40)37-24(39)8-11-42-13-14-43-12-10-34-38-32/h1-7,9,15-16H,8,10-14H2,(H2,35,36,41)(H,37,39,40). The minimum absolute atomic E-state index is 0.0576. The molecule has 0 bridgehead atoms. The number of hydrogen-bond donors (Lipinski definition) is 3. The Balaban J connectivity index is 1.44. The van der Waals surface area contributed by atoms with Crippen LogP contribution in [0.2, 0.25) is 5.02 Å². The van der Waals surface area contributed by atoms with Gasteiger partial charge in [-0.2, -0.15) is 13.2 Å². The van der Waals surface area contributed by atoms with Gasteiger partial charge in [0.05, 0.1) is 43.4 Å². The molecule has 0 spiro atoms. The van der Waals surface area contributed by atoms with Crippen molar-refractivity contribution in [3.05, 3.63) is 87.5 Å². The number of carbonyl (C=O) groups excluding carboxylic acids is 3. The Hall–Kier alpha value is -4.89. The number of imide groups is 1. The van der Waals surface area contributed by atoms with E-state index in [-0.39, 0.29) is 56.5 Å². The fourth-order valence-electron chi connectivity index (χ4n) is 3.35. The van der Waals surface area contributed by atoms with E-state index in [0.717, 1.165) is 12.1 Å². The third-order valence-electron chi connectivity index (χ3n) is 5.34. The number of rotatable bonds is 14. The van der Waals surface area contributed by atoms with E-state index in [9.17, 15) is 27.6 Å². The smallest absolute Gasteiger partial charge is 0.417 e. The summed E-state index contributed by atoms with van der Waals surface area (Å²) in [6.07, 6.45) is -3.43. The number of benzene rings is 2. The van der Waals surface area contributed by atoms with Crippen LogP contribution in [-0.2, 0) is 20.4 Å². The van der Waals surface area contributed by atoms with Crippen molar-refractivity contribution in [1.29, 1.82) is 0 Å². The monoisotopic (exact) mass is 635 g/mol. The van der Waals surface area contributed by atoms with Crippen molar-refractivity contribution in [2.75, 3.05) is 43.6 Å². The molecule has 0 unspecified atom stereocenters. The first kappa shape index (κ1) is 33.6. The highest BCUT2D eigenvalue weighted by Crippen LogP contribution is 2.36. The van der Waals surface area contributed by atoms with E-state index in [1.165, 1.54) is 48.7 Å². The first-order valence-corrected chi connectivity index (χ1v) is 13.1. The number of amides is 4. The molecule has 3 N–H and O–H groups in total. The van der Waals surface area contributed by atoms with Crippen LogP contribution in [0.1, 0.15) is 22.5 Å². The first-order chi connectivity index (χ1) is 21.0. The van der Waals surface area contributed by atoms with Crippen LogP contribution in [0.15, 0.2) is 65.9 Å². The fraction of sp³-hybridized carbons (Fsp3) is 0.259. The predicted molar refractivity (Wildman–Crippen MR) is 153 cm³/mol. The number of pyridine rings is 1. The molecule has 1 heterocycles. The molecule has 1 aromatic heterocycles. The van der Waals surface area contributed by atoms with Crippen molar-refractivity contribution >= 4 is 40.8 Å². The zero-order valence-corrected chi connectivity index (χ0v) is 23.5. The van der Waals surface area contributed by atoms with Crippen molar-refractivity contribution in [3.63, 3.8) is 0 Å². The van der Waals surface area contributed by atoms with Crippen LogP contribution in [0.5, 0.6) is 11.5 Å². The van der Waals surface area contributed by atoms with Crippen LogP contribution in [-0.4, -0.2) is 55.8 Å². The Morgan fingerprint density at radius 3 is 2.30 bits per heavy atom. The van der Waals surface area contributed by atoms with Crippen LogP contribution < -0.4 is 20.7 Å². The molecule has 3 aromatic rings. The number of carbonyl (C=O) groups is 3. The van der Waals surface area contributed by atoms with Gasteiger partial charge in [-0.1, -0.05) is 16.7 Å². The second-order valence-electron chi connectivity index (χ2n) is 8.58. The van der Waals surface area contributed by atoms with Crippen LogP contribution in [0.25, 0.3) is 10.4 Å². The lowest BCUT2D eigenvalue weighted by atomic mass is 10.2. The fourth-order valence-corrected chi connectivity index (χ4v) is 3.57. The van der Waals surface area contributed by atoms with E-state index < -0.39 is 34.6 Å². The summed E-state index contributed by atoms with van der Waals surface area (Å²) < 4.78 is 55.3. The Labute approximate surface area is 253 Å². The highest BCUT2D eigenvalue weighted by molar-refractivity contribution is 6.31. The van der Waals surface area contributed by atoms with Crippen LogP contribution in [0.4, 0.5) is 29.3 Å². The number of urea groups is 1. The first-order valence-electron chi connectivity index (χ1n) is 12.7. The predicted octanol–water partition coefficient (Wildman–Crippen LogP) is 6.18. The third-order valence-corrected chi connectivity index (χ3v) is 5.67. The maximum absolute atomic E-state index is 13.0. The number of halogens is 4. The highest BCUT2D eigenvalue weighted by atomic mass is 35.5. The van der Waals surface area contributed by atoms with Gasteiger partial charge in [-0.25, -0.2) is 4.79 Å². The molecular weight excluding hydrogens is 611 g/mol. The SMILES string of the molecule is [N-]=[N+]=NCCOCCOCCC(=O)NC(=O)c1cc(Oc2ccc(NC(=O)Nc3ccc(Cl)c(C(F)(F)F)c3)cc2)ccn1. The second-order valence-corrected chi connectivity index (χ2v) is 8.99. The number of aromatic nitrogens is 1. The van der Waals surface area contributed by atoms with Gasteiger partial charge in [-0.3, -0.25) is 19.9 Å². The van der Waals surface area contributed by atoms with Gasteiger partial charge >= 0.3 is 12.2 Å². The summed E-state index contributed by atoms with van der Waals surface area (Å²) in [7, 11) is 0. The van der Waals surface area contributed by atoms with Gasteiger partial charge in [-0.05, 0) is 54.1 Å². The molecule has 3 rings (SSSR count). The minimum atomic E-state index is -4.68. The summed E-state index contributed by atoms with van der Waals surface area (Å²) in [4.78, 5) is 43.3. The topological polar surface area (TPSA) is 177 Å². The molecule has 0 aliphatic rings. The quantitative estimate of drug-likeness (QED) is 0.0819. The summed E-state index contributed by atoms with van der Waals surface area (Å²) in [5.41, 5.74) is 7.22. The Bertz CT molecular complexity index is 1500. The summed E-state index contributed by atoms with van der Waals surface area (Å²) in [6.45, 7) is 0.997. The molecule has 232 valence electrons. The van der Waals surface area contributed by atoms with Gasteiger partial charge in [0.1, 0.15) is 17.2 Å². The molecule has 2 aromatic carbocycles. The molecule has 0 saturated carbocycles. The number of azide groups is 1. The lowest BCUT2D eigenvalue weighted by Crippen LogP contribution is -2.31. The summed E-state index contributed by atoms with van der Waals surface area (Å²) in [6, 6.07) is 11.0. The van der Waals surface area contributed by atoms with Gasteiger partial charge in [-0.15, -0.1) is 0 Å². The molecule has 4 amide bonds. The van der Waals surface area contributed by atoms with Gasteiger partial charge in [0.2, 0.25) is 5.91 Å². The summed E-state index contributed by atoms with van der Waals surface area (Å²) in [5, 5.41) is 9.83. The van der Waals surface area contributed by atoms with Gasteiger partial charge in [0.15, 0.2) is 0 Å². The molecule has 17 heteroatoms. The van der Waals surface area contributed by atoms with E-state index in [4.69, 9.17) is 31.3 Å². The molecule has 0 radical (unpaired) electrons. The molecule has 44 heavy (non-hydrogen) atoms. The summed E-state index contributed by atoms with van der Waals surface area (Å²) >= 11 is 5.59. The Morgan fingerprint density at radius 1 is 0.909 bits per heavy atom. The van der Waals surface area contributed by atoms with Crippen LogP contribution in [0, 0.1) is 0 Å². The van der Waals surface area contributed by atoms with Crippen LogP contribution >= 0.6 is 11.6 Å². The number of nitrogens with zero attached hydrogens (tertiary/aromatic N) is 4. The van der Waals surface area contributed by atoms with Gasteiger partial charge in [0.25, 0.3) is 5.91 Å². The highest BCUT2D eigenvalue weighted by Gasteiger charge is 2.33. The number of hydrogen-bond acceptors (Lipinski definition) is 8. The van der Waals surface area contributed by atoms with E-state index in [0.29, 0.717) is 11.4 Å². The van der Waals surface area contributed by atoms with Crippen molar-refractivity contribution < 1.29 is 41.8 Å². The average Bonchev–Trinajstić information content (AvgIpc) is 2.98.